The molecule has 1 aromatic rings. The minimum Gasteiger partial charge on any atom is -0.497 e. The van der Waals surface area contributed by atoms with Crippen LogP contribution >= 0.6 is 0 Å². The molecule has 1 heterocycles. The maximum absolute atomic E-state index is 12.3. The van der Waals surface area contributed by atoms with Crippen LogP contribution in [-0.2, 0) is 0 Å². The van der Waals surface area contributed by atoms with Gasteiger partial charge in [0.25, 0.3) is 5.91 Å². The van der Waals surface area contributed by atoms with E-state index in [9.17, 15) is 9.90 Å². The molecule has 1 N–H and O–H groups in total. The van der Waals surface area contributed by atoms with Crippen molar-refractivity contribution in [1.29, 1.82) is 0 Å². The molecule has 1 fully saturated rings. The van der Waals surface area contributed by atoms with E-state index in [1.807, 2.05) is 0 Å². The Morgan fingerprint density at radius 3 is 2.95 bits per heavy atom. The summed E-state index contributed by atoms with van der Waals surface area (Å²) in [5, 5.41) is 9.98. The Balaban J connectivity index is 2.00. The maximum Gasteiger partial charge on any atom is 0.272 e. The monoisotopic (exact) mass is 278 g/mol. The van der Waals surface area contributed by atoms with Crippen LogP contribution in [0.25, 0.3) is 0 Å². The lowest BCUT2D eigenvalue weighted by Crippen LogP contribution is -2.38. The molecule has 1 aromatic heterocycles. The van der Waals surface area contributed by atoms with Crippen LogP contribution in [0.5, 0.6) is 5.75 Å². The van der Waals surface area contributed by atoms with Gasteiger partial charge in [-0.05, 0) is 18.9 Å². The molecule has 1 aliphatic rings. The molecule has 1 aliphatic carbocycles. The first-order valence-electron chi connectivity index (χ1n) is 7.05. The fraction of sp³-hybridized carbons (Fsp3) is 0.600. The highest BCUT2D eigenvalue weighted by atomic mass is 16.5. The van der Waals surface area contributed by atoms with Crippen molar-refractivity contribution in [2.75, 3.05) is 20.7 Å². The van der Waals surface area contributed by atoms with E-state index in [2.05, 4.69) is 4.98 Å². The lowest BCUT2D eigenvalue weighted by molar-refractivity contribution is 0.0448. The molecule has 0 bridgehead atoms. The second-order valence-corrected chi connectivity index (χ2v) is 5.38. The fourth-order valence-electron chi connectivity index (χ4n) is 2.69. The molecule has 2 atom stereocenters. The van der Waals surface area contributed by atoms with Crippen molar-refractivity contribution >= 4 is 5.91 Å². The van der Waals surface area contributed by atoms with Crippen molar-refractivity contribution in [2.24, 2.45) is 5.92 Å². The number of aliphatic hydroxyl groups excluding tert-OH is 1. The van der Waals surface area contributed by atoms with Crippen LogP contribution in [0, 0.1) is 5.92 Å². The lowest BCUT2D eigenvalue weighted by atomic mass is 9.86. The molecule has 20 heavy (non-hydrogen) atoms. The molecule has 0 radical (unpaired) electrons. The SMILES string of the molecule is COc1ccnc(C(=O)N(C)CC2CCCCC2O)c1. The number of aromatic nitrogens is 1. The molecular weight excluding hydrogens is 256 g/mol. The van der Waals surface area contributed by atoms with Gasteiger partial charge in [0.15, 0.2) is 0 Å². The van der Waals surface area contributed by atoms with Gasteiger partial charge in [-0.1, -0.05) is 12.8 Å². The van der Waals surface area contributed by atoms with Crippen molar-refractivity contribution in [3.05, 3.63) is 24.0 Å². The van der Waals surface area contributed by atoms with Crippen molar-refractivity contribution in [1.82, 2.24) is 9.88 Å². The Bertz CT molecular complexity index is 464. The molecule has 5 heteroatoms. The third-order valence-electron chi connectivity index (χ3n) is 3.91. The summed E-state index contributed by atoms with van der Waals surface area (Å²) in [6.07, 6.45) is 5.29. The average molecular weight is 278 g/mol. The number of pyridine rings is 1. The molecule has 110 valence electrons. The van der Waals surface area contributed by atoms with Gasteiger partial charge in [0.2, 0.25) is 0 Å². The summed E-state index contributed by atoms with van der Waals surface area (Å²) in [5.41, 5.74) is 0.372. The largest absolute Gasteiger partial charge is 0.497 e. The molecule has 0 saturated heterocycles. The van der Waals surface area contributed by atoms with E-state index in [-0.39, 0.29) is 17.9 Å². The molecule has 0 aliphatic heterocycles. The number of amides is 1. The quantitative estimate of drug-likeness (QED) is 0.910. The number of nitrogens with zero attached hydrogens (tertiary/aromatic N) is 2. The van der Waals surface area contributed by atoms with Gasteiger partial charge < -0.3 is 14.7 Å². The van der Waals surface area contributed by atoms with E-state index >= 15 is 0 Å². The molecular formula is C15H22N2O3. The lowest BCUT2D eigenvalue weighted by Gasteiger charge is -2.31. The number of hydrogen-bond acceptors (Lipinski definition) is 4. The van der Waals surface area contributed by atoms with Crippen LogP contribution in [0.4, 0.5) is 0 Å². The normalized spacial score (nSPS) is 22.4. The minimum absolute atomic E-state index is 0.137. The highest BCUT2D eigenvalue weighted by molar-refractivity contribution is 5.92. The standard InChI is InChI=1S/C15H22N2O3/c1-17(10-11-5-3-4-6-14(11)18)15(19)13-9-12(20-2)7-8-16-13/h7-9,11,14,18H,3-6,10H2,1-2H3. The molecule has 0 spiro atoms. The number of ether oxygens (including phenoxy) is 1. The van der Waals surface area contributed by atoms with Gasteiger partial charge in [-0.2, -0.15) is 0 Å². The maximum atomic E-state index is 12.3. The second-order valence-electron chi connectivity index (χ2n) is 5.38. The van der Waals surface area contributed by atoms with E-state index < -0.39 is 0 Å². The van der Waals surface area contributed by atoms with Crippen LogP contribution < -0.4 is 4.74 Å². The number of methoxy groups -OCH3 is 1. The summed E-state index contributed by atoms with van der Waals surface area (Å²) in [5.74, 6) is 0.652. The van der Waals surface area contributed by atoms with Gasteiger partial charge in [0, 0.05) is 31.8 Å². The van der Waals surface area contributed by atoms with Crippen molar-refractivity contribution in [3.63, 3.8) is 0 Å². The first-order chi connectivity index (χ1) is 9.61. The zero-order valence-electron chi connectivity index (χ0n) is 12.1. The summed E-state index contributed by atoms with van der Waals surface area (Å²) in [6, 6.07) is 3.35. The average Bonchev–Trinajstić information content (AvgIpc) is 2.48. The topological polar surface area (TPSA) is 62.7 Å². The van der Waals surface area contributed by atoms with Crippen molar-refractivity contribution in [3.8, 4) is 5.75 Å². The van der Waals surface area contributed by atoms with Crippen LogP contribution in [-0.4, -0.2) is 47.7 Å². The summed E-state index contributed by atoms with van der Waals surface area (Å²) in [7, 11) is 3.32. The predicted molar refractivity (Wildman–Crippen MR) is 75.7 cm³/mol. The summed E-state index contributed by atoms with van der Waals surface area (Å²) in [6.45, 7) is 0.568. The van der Waals surface area contributed by atoms with Gasteiger partial charge >= 0.3 is 0 Å². The van der Waals surface area contributed by atoms with Gasteiger partial charge in [0.05, 0.1) is 13.2 Å². The van der Waals surface area contributed by atoms with Crippen LogP contribution in [0.3, 0.4) is 0 Å². The van der Waals surface area contributed by atoms with Crippen LogP contribution in [0.2, 0.25) is 0 Å². The summed E-state index contributed by atoms with van der Waals surface area (Å²) < 4.78 is 5.10. The number of carbonyl (C=O) groups excluding carboxylic acids is 1. The van der Waals surface area contributed by atoms with E-state index in [0.29, 0.717) is 18.0 Å². The van der Waals surface area contributed by atoms with E-state index in [4.69, 9.17) is 4.74 Å². The number of carbonyl (C=O) groups is 1. The first-order valence-corrected chi connectivity index (χ1v) is 7.05. The number of rotatable bonds is 4. The first kappa shape index (κ1) is 14.8. The third kappa shape index (κ3) is 3.48. The predicted octanol–water partition coefficient (Wildman–Crippen LogP) is 1.71. The fourth-order valence-corrected chi connectivity index (χ4v) is 2.69. The van der Waals surface area contributed by atoms with Gasteiger partial charge in [-0.25, -0.2) is 0 Å². The molecule has 2 rings (SSSR count). The Morgan fingerprint density at radius 1 is 1.50 bits per heavy atom. The van der Waals surface area contributed by atoms with Gasteiger partial charge in [0.1, 0.15) is 11.4 Å². The number of hydrogen-bond donors (Lipinski definition) is 1. The van der Waals surface area contributed by atoms with Crippen molar-refractivity contribution in [2.45, 2.75) is 31.8 Å². The van der Waals surface area contributed by atoms with Crippen LogP contribution in [0.1, 0.15) is 36.2 Å². The van der Waals surface area contributed by atoms with E-state index in [0.717, 1.165) is 25.7 Å². The van der Waals surface area contributed by atoms with Crippen LogP contribution in [0.15, 0.2) is 18.3 Å². The highest BCUT2D eigenvalue weighted by Crippen LogP contribution is 2.25. The minimum atomic E-state index is -0.294. The Morgan fingerprint density at radius 2 is 2.25 bits per heavy atom. The number of aliphatic hydroxyl groups is 1. The Labute approximate surface area is 119 Å². The Kier molecular flexibility index (Phi) is 4.95. The Hall–Kier alpha value is -1.62. The second kappa shape index (κ2) is 6.70. The van der Waals surface area contributed by atoms with E-state index in [1.165, 1.54) is 0 Å². The summed E-state index contributed by atoms with van der Waals surface area (Å²) >= 11 is 0. The van der Waals surface area contributed by atoms with E-state index in [1.54, 1.807) is 37.4 Å². The molecule has 2 unspecified atom stereocenters. The molecule has 5 nitrogen and oxygen atoms in total. The molecule has 0 aromatic carbocycles. The summed E-state index contributed by atoms with van der Waals surface area (Å²) in [4.78, 5) is 18.0. The zero-order valence-corrected chi connectivity index (χ0v) is 12.1. The van der Waals surface area contributed by atoms with Crippen molar-refractivity contribution < 1.29 is 14.6 Å². The van der Waals surface area contributed by atoms with Gasteiger partial charge in [-0.3, -0.25) is 9.78 Å². The smallest absolute Gasteiger partial charge is 0.272 e. The molecule has 1 saturated carbocycles. The van der Waals surface area contributed by atoms with Gasteiger partial charge in [-0.15, -0.1) is 0 Å². The third-order valence-corrected chi connectivity index (χ3v) is 3.91. The molecule has 1 amide bonds. The zero-order chi connectivity index (χ0) is 14.5. The highest BCUT2D eigenvalue weighted by Gasteiger charge is 2.26.